The average Bonchev–Trinajstić information content (AvgIpc) is 2.47. The van der Waals surface area contributed by atoms with Gasteiger partial charge in [-0.15, -0.1) is 0 Å². The summed E-state index contributed by atoms with van der Waals surface area (Å²) in [5.41, 5.74) is 2.47. The molecule has 0 aromatic carbocycles. The monoisotopic (exact) mass is 182 g/mol. The molecule has 13 heavy (non-hydrogen) atoms. The van der Waals surface area contributed by atoms with Gasteiger partial charge in [0.15, 0.2) is 5.84 Å². The van der Waals surface area contributed by atoms with Crippen LogP contribution in [0.2, 0.25) is 0 Å². The van der Waals surface area contributed by atoms with Gasteiger partial charge in [0.2, 0.25) is 5.82 Å². The van der Waals surface area contributed by atoms with Gasteiger partial charge in [0.05, 0.1) is 0 Å². The molecule has 0 saturated heterocycles. The molecule has 0 aliphatic rings. The van der Waals surface area contributed by atoms with Crippen LogP contribution in [-0.2, 0) is 0 Å². The second kappa shape index (κ2) is 3.99. The molecule has 0 spiro atoms. The van der Waals surface area contributed by atoms with Crippen LogP contribution in [0.3, 0.4) is 0 Å². The molecule has 0 bridgehead atoms. The zero-order valence-electron chi connectivity index (χ0n) is 8.00. The van der Waals surface area contributed by atoms with E-state index in [1.54, 1.807) is 0 Å². The minimum absolute atomic E-state index is 0.157. The fourth-order valence-corrected chi connectivity index (χ4v) is 0.866. The van der Waals surface area contributed by atoms with E-state index < -0.39 is 0 Å². The van der Waals surface area contributed by atoms with E-state index in [2.05, 4.69) is 25.6 Å². The van der Waals surface area contributed by atoms with Gasteiger partial charge < -0.3 is 5.43 Å². The summed E-state index contributed by atoms with van der Waals surface area (Å²) in [6.45, 7) is 5.73. The number of nitrogens with two attached hydrogens (primary N) is 1. The summed E-state index contributed by atoms with van der Waals surface area (Å²) >= 11 is 0. The van der Waals surface area contributed by atoms with Gasteiger partial charge in [0, 0.05) is 6.04 Å². The van der Waals surface area contributed by atoms with E-state index in [4.69, 9.17) is 5.84 Å². The van der Waals surface area contributed by atoms with Gasteiger partial charge in [-0.3, -0.25) is 10.1 Å². The highest BCUT2D eigenvalue weighted by atomic mass is 15.3. The Morgan fingerprint density at radius 1 is 1.62 bits per heavy atom. The highest BCUT2D eigenvalue weighted by Gasteiger charge is 2.07. The van der Waals surface area contributed by atoms with Gasteiger partial charge in [0.25, 0.3) is 0 Å². The van der Waals surface area contributed by atoms with E-state index in [9.17, 15) is 0 Å². The molecule has 0 aliphatic heterocycles. The molecule has 4 N–H and O–H groups in total. The first-order valence-corrected chi connectivity index (χ1v) is 4.07. The summed E-state index contributed by atoms with van der Waals surface area (Å²) in [5, 5.41) is 6.65. The first-order valence-electron chi connectivity index (χ1n) is 4.07. The maximum absolute atomic E-state index is 5.29. The summed E-state index contributed by atoms with van der Waals surface area (Å²) in [5.74, 6) is 7.02. The Morgan fingerprint density at radius 3 is 2.69 bits per heavy atom. The van der Waals surface area contributed by atoms with Crippen molar-refractivity contribution in [1.82, 2.24) is 20.6 Å². The first-order chi connectivity index (χ1) is 6.13. The molecule has 0 radical (unpaired) electrons. The largest absolute Gasteiger partial charge is 0.306 e. The zero-order chi connectivity index (χ0) is 9.84. The van der Waals surface area contributed by atoms with E-state index in [1.807, 2.05) is 20.8 Å². The van der Waals surface area contributed by atoms with Crippen molar-refractivity contribution in [2.75, 3.05) is 0 Å². The predicted molar refractivity (Wildman–Crippen MR) is 50.1 cm³/mol. The van der Waals surface area contributed by atoms with Crippen LogP contribution in [0.25, 0.3) is 0 Å². The maximum atomic E-state index is 5.29. The quantitative estimate of drug-likeness (QED) is 0.254. The van der Waals surface area contributed by atoms with E-state index in [1.165, 1.54) is 0 Å². The lowest BCUT2D eigenvalue weighted by Crippen LogP contribution is -2.32. The molecule has 72 valence electrons. The number of nitrogens with one attached hydrogen (secondary N) is 2. The number of H-pyrrole nitrogens is 1. The molecular weight excluding hydrogens is 168 g/mol. The van der Waals surface area contributed by atoms with Crippen LogP contribution < -0.4 is 11.3 Å². The number of nitrogens with zero attached hydrogens (tertiary/aromatic N) is 3. The normalized spacial score (nSPS) is 12.2. The topological polar surface area (TPSA) is 92.0 Å². The molecule has 1 heterocycles. The lowest BCUT2D eigenvalue weighted by molar-refractivity contribution is 0.816. The molecule has 0 atom stereocenters. The molecule has 1 rings (SSSR count). The zero-order valence-corrected chi connectivity index (χ0v) is 8.00. The Balaban J connectivity index is 2.90. The third-order valence-corrected chi connectivity index (χ3v) is 1.33. The molecule has 0 aliphatic carbocycles. The van der Waals surface area contributed by atoms with E-state index in [0.717, 1.165) is 5.82 Å². The fraction of sp³-hybridized carbons (Fsp3) is 0.571. The highest BCUT2D eigenvalue weighted by molar-refractivity contribution is 5.94. The number of aromatic amines is 1. The van der Waals surface area contributed by atoms with Crippen LogP contribution in [0.1, 0.15) is 25.5 Å². The van der Waals surface area contributed by atoms with Gasteiger partial charge in [-0.2, -0.15) is 5.10 Å². The summed E-state index contributed by atoms with van der Waals surface area (Å²) in [6.07, 6.45) is 0. The van der Waals surface area contributed by atoms with E-state index >= 15 is 0 Å². The number of aryl methyl sites for hydroxylation is 1. The molecule has 1 aromatic heterocycles. The molecule has 6 heteroatoms. The van der Waals surface area contributed by atoms with Crippen LogP contribution in [0, 0.1) is 6.92 Å². The van der Waals surface area contributed by atoms with Crippen molar-refractivity contribution < 1.29 is 0 Å². The first kappa shape index (κ1) is 9.66. The molecule has 0 amide bonds. The second-order valence-corrected chi connectivity index (χ2v) is 2.96. The number of rotatable bonds is 2. The third kappa shape index (κ3) is 2.51. The lowest BCUT2D eigenvalue weighted by atomic mass is 10.4. The molecule has 0 unspecified atom stereocenters. The Morgan fingerprint density at radius 2 is 2.31 bits per heavy atom. The van der Waals surface area contributed by atoms with Crippen molar-refractivity contribution in [3.8, 4) is 0 Å². The van der Waals surface area contributed by atoms with Crippen molar-refractivity contribution in [2.45, 2.75) is 26.8 Å². The van der Waals surface area contributed by atoms with Gasteiger partial charge >= 0.3 is 0 Å². The van der Waals surface area contributed by atoms with Crippen molar-refractivity contribution in [3.63, 3.8) is 0 Å². The fourth-order valence-electron chi connectivity index (χ4n) is 0.866. The van der Waals surface area contributed by atoms with Crippen LogP contribution >= 0.6 is 0 Å². The Kier molecular flexibility index (Phi) is 2.97. The predicted octanol–water partition coefficient (Wildman–Crippen LogP) is -0.269. The minimum atomic E-state index is 0.157. The molecule has 0 saturated carbocycles. The van der Waals surface area contributed by atoms with E-state index in [0.29, 0.717) is 11.7 Å². The summed E-state index contributed by atoms with van der Waals surface area (Å²) in [4.78, 5) is 8.31. The molecular formula is C7H14N6. The van der Waals surface area contributed by atoms with Gasteiger partial charge in [-0.25, -0.2) is 10.8 Å². The molecule has 0 fully saturated rings. The third-order valence-electron chi connectivity index (χ3n) is 1.33. The van der Waals surface area contributed by atoms with Crippen molar-refractivity contribution in [2.24, 2.45) is 10.8 Å². The Bertz CT molecular complexity index is 300. The van der Waals surface area contributed by atoms with Crippen molar-refractivity contribution in [1.29, 1.82) is 0 Å². The lowest BCUT2D eigenvalue weighted by Gasteiger charge is -2.02. The van der Waals surface area contributed by atoms with Crippen LogP contribution in [0.15, 0.2) is 4.99 Å². The molecule has 6 nitrogen and oxygen atoms in total. The summed E-state index contributed by atoms with van der Waals surface area (Å²) in [6, 6.07) is 0.157. The van der Waals surface area contributed by atoms with Gasteiger partial charge in [0.1, 0.15) is 5.82 Å². The summed E-state index contributed by atoms with van der Waals surface area (Å²) in [7, 11) is 0. The Labute approximate surface area is 76.6 Å². The number of amidine groups is 1. The minimum Gasteiger partial charge on any atom is -0.306 e. The van der Waals surface area contributed by atoms with Crippen LogP contribution in [-0.4, -0.2) is 27.1 Å². The van der Waals surface area contributed by atoms with Crippen LogP contribution in [0.5, 0.6) is 0 Å². The van der Waals surface area contributed by atoms with E-state index in [-0.39, 0.29) is 6.04 Å². The van der Waals surface area contributed by atoms with Gasteiger partial charge in [-0.05, 0) is 20.8 Å². The smallest absolute Gasteiger partial charge is 0.217 e. The average molecular weight is 182 g/mol. The van der Waals surface area contributed by atoms with Gasteiger partial charge in [-0.1, -0.05) is 0 Å². The SMILES string of the molecule is Cc1nc(C(=NC(C)C)NN)n[nH]1. The second-order valence-electron chi connectivity index (χ2n) is 2.96. The van der Waals surface area contributed by atoms with Crippen molar-refractivity contribution in [3.05, 3.63) is 11.6 Å². The molecule has 1 aromatic rings. The number of hydrogen-bond acceptors (Lipinski definition) is 4. The van der Waals surface area contributed by atoms with Crippen molar-refractivity contribution >= 4 is 5.84 Å². The highest BCUT2D eigenvalue weighted by Crippen LogP contribution is 1.94. The number of aromatic nitrogens is 3. The number of hydrazine groups is 1. The van der Waals surface area contributed by atoms with Crippen LogP contribution in [0.4, 0.5) is 0 Å². The number of aliphatic imine (C=N–C) groups is 1. The maximum Gasteiger partial charge on any atom is 0.217 e. The number of hydrogen-bond donors (Lipinski definition) is 3. The summed E-state index contributed by atoms with van der Waals surface area (Å²) < 4.78 is 0. The standard InChI is InChI=1S/C7H14N6/c1-4(2)9-6(11-8)7-10-5(3)12-13-7/h4H,8H2,1-3H3,(H,9,11)(H,10,12,13). The Hall–Kier alpha value is -1.43.